The van der Waals surface area contributed by atoms with Gasteiger partial charge in [0.05, 0.1) is 12.5 Å². The van der Waals surface area contributed by atoms with Crippen LogP contribution in [0.3, 0.4) is 0 Å². The van der Waals surface area contributed by atoms with Gasteiger partial charge in [-0.1, -0.05) is 6.07 Å². The summed E-state index contributed by atoms with van der Waals surface area (Å²) in [6.07, 6.45) is 1.66. The van der Waals surface area contributed by atoms with Gasteiger partial charge < -0.3 is 20.3 Å². The number of fused-ring (bicyclic) bond motifs is 1. The number of nitrogens with zero attached hydrogens (tertiary/aromatic N) is 1. The fourth-order valence-electron chi connectivity index (χ4n) is 2.38. The lowest BCUT2D eigenvalue weighted by Crippen LogP contribution is -2.27. The van der Waals surface area contributed by atoms with Gasteiger partial charge >= 0.3 is 5.97 Å². The Morgan fingerprint density at radius 3 is 3.05 bits per heavy atom. The first kappa shape index (κ1) is 14.4. The van der Waals surface area contributed by atoms with E-state index in [-0.39, 0.29) is 23.8 Å². The Hall–Kier alpha value is -2.54. The quantitative estimate of drug-likeness (QED) is 0.842. The van der Waals surface area contributed by atoms with Crippen LogP contribution in [-0.4, -0.2) is 22.7 Å². The number of benzene rings is 1. The lowest BCUT2D eigenvalue weighted by atomic mass is 9.89. The van der Waals surface area contributed by atoms with Gasteiger partial charge in [0.25, 0.3) is 0 Å². The van der Waals surface area contributed by atoms with Crippen molar-refractivity contribution in [3.05, 3.63) is 51.8 Å². The molecule has 0 aliphatic carbocycles. The molecule has 1 aliphatic heterocycles. The molecule has 22 heavy (non-hydrogen) atoms. The minimum absolute atomic E-state index is 0.0308. The van der Waals surface area contributed by atoms with E-state index >= 15 is 0 Å². The van der Waals surface area contributed by atoms with E-state index in [4.69, 9.17) is 15.2 Å². The maximum atomic E-state index is 12.3. The highest BCUT2D eigenvalue weighted by atomic mass is 32.1. The normalized spacial score (nSPS) is 16.9. The molecule has 0 amide bonds. The summed E-state index contributed by atoms with van der Waals surface area (Å²) in [5, 5.41) is 12.1. The zero-order chi connectivity index (χ0) is 15.7. The van der Waals surface area contributed by atoms with Crippen LogP contribution in [-0.2, 0) is 9.53 Å². The third-order valence-corrected chi connectivity index (χ3v) is 4.12. The Balaban J connectivity index is 2.16. The van der Waals surface area contributed by atoms with Crippen molar-refractivity contribution in [3.63, 3.8) is 0 Å². The van der Waals surface area contributed by atoms with E-state index in [0.717, 1.165) is 0 Å². The lowest BCUT2D eigenvalue weighted by molar-refractivity contribution is -0.139. The summed E-state index contributed by atoms with van der Waals surface area (Å²) in [5.74, 6) is -0.561. The third-order valence-electron chi connectivity index (χ3n) is 3.28. The van der Waals surface area contributed by atoms with Crippen molar-refractivity contribution in [1.29, 1.82) is 0 Å². The van der Waals surface area contributed by atoms with E-state index in [1.54, 1.807) is 19.2 Å². The number of esters is 1. The smallest absolute Gasteiger partial charge is 0.340 e. The highest BCUT2D eigenvalue weighted by molar-refractivity contribution is 7.09. The van der Waals surface area contributed by atoms with Crippen molar-refractivity contribution < 1.29 is 19.4 Å². The fraction of sp³-hybridized carbons (Fsp3) is 0.200. The van der Waals surface area contributed by atoms with Crippen molar-refractivity contribution >= 4 is 17.3 Å². The van der Waals surface area contributed by atoms with Crippen LogP contribution < -0.4 is 10.5 Å². The Morgan fingerprint density at radius 1 is 1.55 bits per heavy atom. The van der Waals surface area contributed by atoms with E-state index in [2.05, 4.69) is 4.98 Å². The number of ether oxygens (including phenoxy) is 2. The molecule has 1 aliphatic rings. The second kappa shape index (κ2) is 5.69. The molecule has 2 heterocycles. The molecular weight excluding hydrogens is 304 g/mol. The molecule has 1 unspecified atom stereocenters. The van der Waals surface area contributed by atoms with Crippen LogP contribution in [0.4, 0.5) is 0 Å². The van der Waals surface area contributed by atoms with Gasteiger partial charge in [-0.25, -0.2) is 9.78 Å². The number of phenolic OH excluding ortho intramolecular Hbond substituents is 1. The van der Waals surface area contributed by atoms with Crippen molar-refractivity contribution in [2.24, 2.45) is 5.73 Å². The summed E-state index contributed by atoms with van der Waals surface area (Å²) in [5.41, 5.74) is 6.87. The van der Waals surface area contributed by atoms with Crippen LogP contribution in [0, 0.1) is 0 Å². The highest BCUT2D eigenvalue weighted by Crippen LogP contribution is 2.44. The van der Waals surface area contributed by atoms with Crippen LogP contribution in [0.1, 0.15) is 23.4 Å². The molecule has 1 aromatic carbocycles. The summed E-state index contributed by atoms with van der Waals surface area (Å²) in [7, 11) is 0. The van der Waals surface area contributed by atoms with Crippen LogP contribution in [0.5, 0.6) is 11.5 Å². The molecule has 114 valence electrons. The Morgan fingerprint density at radius 2 is 2.36 bits per heavy atom. The SMILES string of the molecule is CCOC(=O)C1=C(N)Oc2cc(O)ccc2C1c1nccs1. The second-order valence-electron chi connectivity index (χ2n) is 4.63. The monoisotopic (exact) mass is 318 g/mol. The Labute approximate surface area is 130 Å². The van der Waals surface area contributed by atoms with Crippen LogP contribution in [0.15, 0.2) is 41.2 Å². The average Bonchev–Trinajstić information content (AvgIpc) is 2.99. The Kier molecular flexibility index (Phi) is 3.72. The van der Waals surface area contributed by atoms with Crippen molar-refractivity contribution in [2.45, 2.75) is 12.8 Å². The number of aromatic nitrogens is 1. The van der Waals surface area contributed by atoms with E-state index in [0.29, 0.717) is 16.3 Å². The minimum atomic E-state index is -0.529. The molecule has 2 aromatic rings. The van der Waals surface area contributed by atoms with E-state index < -0.39 is 11.9 Å². The number of carbonyl (C=O) groups excluding carboxylic acids is 1. The van der Waals surface area contributed by atoms with Gasteiger partial charge in [0.1, 0.15) is 22.1 Å². The van der Waals surface area contributed by atoms with E-state index in [9.17, 15) is 9.90 Å². The number of nitrogens with two attached hydrogens (primary N) is 1. The molecule has 0 fully saturated rings. The van der Waals surface area contributed by atoms with Crippen LogP contribution in [0.25, 0.3) is 0 Å². The van der Waals surface area contributed by atoms with Crippen LogP contribution in [0.2, 0.25) is 0 Å². The number of rotatable bonds is 3. The number of aromatic hydroxyl groups is 1. The molecule has 1 atom stereocenters. The summed E-state index contributed by atoms with van der Waals surface area (Å²) < 4.78 is 10.6. The number of hydrogen-bond acceptors (Lipinski definition) is 7. The van der Waals surface area contributed by atoms with E-state index in [1.165, 1.54) is 23.5 Å². The average molecular weight is 318 g/mol. The van der Waals surface area contributed by atoms with Gasteiger partial charge in [-0.05, 0) is 13.0 Å². The first-order valence-corrected chi connectivity index (χ1v) is 7.56. The van der Waals surface area contributed by atoms with Gasteiger partial charge in [-0.2, -0.15) is 0 Å². The third kappa shape index (κ3) is 2.39. The molecule has 1 aromatic heterocycles. The molecule has 0 saturated heterocycles. The number of hydrogen-bond donors (Lipinski definition) is 2. The van der Waals surface area contributed by atoms with Gasteiger partial charge in [-0.3, -0.25) is 0 Å². The molecule has 0 spiro atoms. The molecule has 0 bridgehead atoms. The second-order valence-corrected chi connectivity index (χ2v) is 5.55. The summed E-state index contributed by atoms with van der Waals surface area (Å²) in [6, 6.07) is 4.69. The van der Waals surface area contributed by atoms with Gasteiger partial charge in [0, 0.05) is 23.2 Å². The van der Waals surface area contributed by atoms with Crippen molar-refractivity contribution in [3.8, 4) is 11.5 Å². The molecule has 0 saturated carbocycles. The maximum Gasteiger partial charge on any atom is 0.340 e. The lowest BCUT2D eigenvalue weighted by Gasteiger charge is -2.26. The maximum absolute atomic E-state index is 12.3. The number of carbonyl (C=O) groups is 1. The summed E-state index contributed by atoms with van der Waals surface area (Å²) >= 11 is 1.41. The first-order chi connectivity index (χ1) is 10.6. The van der Waals surface area contributed by atoms with Crippen molar-refractivity contribution in [1.82, 2.24) is 4.98 Å². The Bertz CT molecular complexity index is 740. The van der Waals surface area contributed by atoms with E-state index in [1.807, 2.05) is 5.38 Å². The summed E-state index contributed by atoms with van der Waals surface area (Å²) in [6.45, 7) is 1.96. The summed E-state index contributed by atoms with van der Waals surface area (Å²) in [4.78, 5) is 16.6. The largest absolute Gasteiger partial charge is 0.508 e. The first-order valence-electron chi connectivity index (χ1n) is 6.68. The minimum Gasteiger partial charge on any atom is -0.508 e. The van der Waals surface area contributed by atoms with Gasteiger partial charge in [0.15, 0.2) is 0 Å². The molecule has 3 rings (SSSR count). The molecule has 6 nitrogen and oxygen atoms in total. The number of phenols is 1. The highest BCUT2D eigenvalue weighted by Gasteiger charge is 2.37. The van der Waals surface area contributed by atoms with Gasteiger partial charge in [0.2, 0.25) is 5.88 Å². The zero-order valence-electron chi connectivity index (χ0n) is 11.8. The predicted octanol–water partition coefficient (Wildman–Crippen LogP) is 2.11. The fourth-order valence-corrected chi connectivity index (χ4v) is 3.15. The standard InChI is InChI=1S/C15H14N2O4S/c1-2-20-15(19)12-11(14-17-5-6-22-14)9-4-3-8(18)7-10(9)21-13(12)16/h3-7,11,18H,2,16H2,1H3. The topological polar surface area (TPSA) is 94.7 Å². The van der Waals surface area contributed by atoms with Crippen molar-refractivity contribution in [2.75, 3.05) is 6.61 Å². The van der Waals surface area contributed by atoms with Gasteiger partial charge in [-0.15, -0.1) is 11.3 Å². The molecule has 0 radical (unpaired) electrons. The number of thiazole rings is 1. The molecule has 7 heteroatoms. The van der Waals surface area contributed by atoms with Crippen LogP contribution >= 0.6 is 11.3 Å². The predicted molar refractivity (Wildman–Crippen MR) is 80.5 cm³/mol. The molecular formula is C15H14N2O4S. The molecule has 3 N–H and O–H groups in total. The zero-order valence-corrected chi connectivity index (χ0v) is 12.6.